The molecule has 0 spiro atoms. The maximum Gasteiger partial charge on any atom is 0.0619 e. The summed E-state index contributed by atoms with van der Waals surface area (Å²) in [5.74, 6) is 0. The second kappa shape index (κ2) is 18.4. The fourth-order valence-corrected chi connectivity index (χ4v) is 10.8. The lowest BCUT2D eigenvalue weighted by molar-refractivity contribution is 1.18. The van der Waals surface area contributed by atoms with E-state index in [1.54, 1.807) is 0 Å². The van der Waals surface area contributed by atoms with E-state index in [0.29, 0.717) is 0 Å². The van der Waals surface area contributed by atoms with E-state index in [0.717, 1.165) is 50.6 Å². The third kappa shape index (κ3) is 7.73. The van der Waals surface area contributed by atoms with Crippen LogP contribution in [0, 0.1) is 0 Å². The van der Waals surface area contributed by atoms with Crippen molar-refractivity contribution in [3.05, 3.63) is 291 Å². The Morgan fingerprint density at radius 1 is 0.264 bits per heavy atom. The Kier molecular flexibility index (Phi) is 10.9. The lowest BCUT2D eigenvalue weighted by Crippen LogP contribution is -2.12. The summed E-state index contributed by atoms with van der Waals surface area (Å²) in [6.45, 7) is 0. The Hall–Kier alpha value is -9.50. The predicted octanol–water partition coefficient (Wildman–Crippen LogP) is 19.4. The van der Waals surface area contributed by atoms with Crippen molar-refractivity contribution in [1.29, 1.82) is 0 Å². The molecular weight excluding hydrogens is 869 g/mol. The number of nitrogens with zero attached hydrogens (tertiary/aromatic N) is 2. The number of fused-ring (bicyclic) bond motifs is 4. The van der Waals surface area contributed by atoms with Gasteiger partial charge in [0.05, 0.1) is 16.7 Å². The van der Waals surface area contributed by atoms with E-state index in [1.807, 2.05) is 0 Å². The summed E-state index contributed by atoms with van der Waals surface area (Å²) in [6, 6.07) is 106. The molecule has 0 aliphatic rings. The third-order valence-electron chi connectivity index (χ3n) is 14.2. The summed E-state index contributed by atoms with van der Waals surface area (Å²) in [6.07, 6.45) is 0. The van der Waals surface area contributed by atoms with E-state index < -0.39 is 0 Å². The lowest BCUT2D eigenvalue weighted by Gasteiger charge is -2.30. The smallest absolute Gasteiger partial charge is 0.0619 e. The van der Waals surface area contributed by atoms with Crippen LogP contribution < -0.4 is 4.90 Å². The molecule has 13 rings (SSSR count). The molecule has 0 unspecified atom stereocenters. The second-order valence-corrected chi connectivity index (χ2v) is 18.4. The fraction of sp³-hybridized carbons (Fsp3) is 0. The molecule has 0 aliphatic heterocycles. The molecule has 13 aromatic rings. The van der Waals surface area contributed by atoms with Crippen LogP contribution in [0.4, 0.5) is 17.1 Å². The predicted molar refractivity (Wildman–Crippen MR) is 306 cm³/mol. The molecule has 2 nitrogen and oxygen atoms in total. The van der Waals surface area contributed by atoms with Gasteiger partial charge < -0.3 is 9.47 Å². The average Bonchev–Trinajstić information content (AvgIpc) is 3.81. The molecule has 1 heterocycles. The van der Waals surface area contributed by atoms with E-state index in [4.69, 9.17) is 0 Å². The molecule has 1 aromatic heterocycles. The normalized spacial score (nSPS) is 11.3. The summed E-state index contributed by atoms with van der Waals surface area (Å²) >= 11 is 0. The number of para-hydroxylation sites is 3. The van der Waals surface area contributed by atoms with Gasteiger partial charge in [0.25, 0.3) is 0 Å². The summed E-state index contributed by atoms with van der Waals surface area (Å²) in [7, 11) is 0. The van der Waals surface area contributed by atoms with Gasteiger partial charge in [0.15, 0.2) is 0 Å². The lowest BCUT2D eigenvalue weighted by atomic mass is 9.87. The Bertz CT molecular complexity index is 4060. The van der Waals surface area contributed by atoms with Crippen LogP contribution in [0.3, 0.4) is 0 Å². The molecule has 0 N–H and O–H groups in total. The Labute approximate surface area is 420 Å². The number of benzene rings is 12. The van der Waals surface area contributed by atoms with E-state index in [-0.39, 0.29) is 0 Å². The fourth-order valence-electron chi connectivity index (χ4n) is 10.8. The zero-order valence-electron chi connectivity index (χ0n) is 39.6. The summed E-state index contributed by atoms with van der Waals surface area (Å²) in [5, 5.41) is 4.96. The van der Waals surface area contributed by atoms with E-state index in [9.17, 15) is 0 Å². The molecule has 0 radical (unpaired) electrons. The van der Waals surface area contributed by atoms with Gasteiger partial charge in [-0.05, 0) is 121 Å². The zero-order valence-corrected chi connectivity index (χ0v) is 39.6. The first-order valence-electron chi connectivity index (χ1n) is 24.7. The van der Waals surface area contributed by atoms with Crippen LogP contribution in [0.1, 0.15) is 0 Å². The first kappa shape index (κ1) is 42.6. The molecule has 0 atom stereocenters. The van der Waals surface area contributed by atoms with Crippen molar-refractivity contribution in [1.82, 2.24) is 4.57 Å². The van der Waals surface area contributed by atoms with Gasteiger partial charge in [0, 0.05) is 39.0 Å². The quantitative estimate of drug-likeness (QED) is 0.133. The minimum atomic E-state index is 1.06. The molecule has 0 fully saturated rings. The van der Waals surface area contributed by atoms with Crippen LogP contribution in [0.25, 0.3) is 105 Å². The van der Waals surface area contributed by atoms with Gasteiger partial charge in [0.2, 0.25) is 0 Å². The third-order valence-corrected chi connectivity index (χ3v) is 14.2. The Morgan fingerprint density at radius 3 is 1.53 bits per heavy atom. The highest BCUT2D eigenvalue weighted by atomic mass is 15.1. The summed E-state index contributed by atoms with van der Waals surface area (Å²) < 4.78 is 2.43. The second-order valence-electron chi connectivity index (χ2n) is 18.4. The monoisotopic (exact) mass is 916 g/mol. The van der Waals surface area contributed by atoms with Gasteiger partial charge in [-0.25, -0.2) is 0 Å². The van der Waals surface area contributed by atoms with Gasteiger partial charge in [-0.3, -0.25) is 0 Å². The number of rotatable bonds is 10. The van der Waals surface area contributed by atoms with Gasteiger partial charge in [-0.15, -0.1) is 0 Å². The maximum atomic E-state index is 2.46. The number of aromatic nitrogens is 1. The van der Waals surface area contributed by atoms with Crippen LogP contribution >= 0.6 is 0 Å². The molecular formula is C70H48N2. The Morgan fingerprint density at radius 2 is 0.778 bits per heavy atom. The van der Waals surface area contributed by atoms with Gasteiger partial charge >= 0.3 is 0 Å². The van der Waals surface area contributed by atoms with Crippen molar-refractivity contribution in [2.24, 2.45) is 0 Å². The average molecular weight is 917 g/mol. The van der Waals surface area contributed by atoms with E-state index in [1.165, 1.54) is 71.5 Å². The topological polar surface area (TPSA) is 8.17 Å². The van der Waals surface area contributed by atoms with Gasteiger partial charge in [0.1, 0.15) is 0 Å². The highest BCUT2D eigenvalue weighted by Crippen LogP contribution is 2.49. The molecule has 0 amide bonds. The first-order valence-corrected chi connectivity index (χ1v) is 24.7. The van der Waals surface area contributed by atoms with Crippen LogP contribution in [-0.2, 0) is 0 Å². The number of hydrogen-bond donors (Lipinski definition) is 0. The van der Waals surface area contributed by atoms with Crippen molar-refractivity contribution >= 4 is 49.6 Å². The Balaban J connectivity index is 1.00. The van der Waals surface area contributed by atoms with Gasteiger partial charge in [-0.2, -0.15) is 0 Å². The standard InChI is InChI=1S/C70H48N2/c1-4-20-53(21-5-1)61-29-12-13-31-65(61)69-62(54-22-6-2-7-23-54)32-18-36-68(69)71(59-45-43-51(44-46-59)50-37-39-52(40-38-50)56-42-41-49-19-10-11-24-55(49)47-56)60-28-16-25-57(48-60)63-33-17-34-66-64-30-14-15-35-67(64)72(70(63)66)58-26-8-3-9-27-58/h1-48H. The molecule has 12 aromatic carbocycles. The number of anilines is 3. The zero-order chi connectivity index (χ0) is 47.8. The van der Waals surface area contributed by atoms with Crippen molar-refractivity contribution in [2.75, 3.05) is 4.90 Å². The van der Waals surface area contributed by atoms with Crippen LogP contribution in [0.15, 0.2) is 291 Å². The van der Waals surface area contributed by atoms with Crippen molar-refractivity contribution in [3.63, 3.8) is 0 Å². The van der Waals surface area contributed by atoms with Crippen LogP contribution in [0.5, 0.6) is 0 Å². The molecule has 0 bridgehead atoms. The summed E-state index contributed by atoms with van der Waals surface area (Å²) in [5.41, 5.74) is 20.8. The first-order chi connectivity index (χ1) is 35.7. The van der Waals surface area contributed by atoms with Gasteiger partial charge in [-0.1, -0.05) is 237 Å². The van der Waals surface area contributed by atoms with Crippen molar-refractivity contribution in [3.8, 4) is 72.4 Å². The summed E-state index contributed by atoms with van der Waals surface area (Å²) in [4.78, 5) is 2.46. The minimum Gasteiger partial charge on any atom is -0.310 e. The SMILES string of the molecule is c1ccc(-c2ccccc2-c2c(-c3ccccc3)cccc2N(c2ccc(-c3ccc(-c4ccc5ccccc5c4)cc3)cc2)c2cccc(-c3cccc4c5ccccc5n(-c5ccccc5)c34)c2)cc1. The minimum absolute atomic E-state index is 1.06. The molecule has 72 heavy (non-hydrogen) atoms. The highest BCUT2D eigenvalue weighted by Gasteiger charge is 2.24. The van der Waals surface area contributed by atoms with Crippen LogP contribution in [-0.4, -0.2) is 4.57 Å². The largest absolute Gasteiger partial charge is 0.310 e. The van der Waals surface area contributed by atoms with E-state index >= 15 is 0 Å². The van der Waals surface area contributed by atoms with E-state index in [2.05, 4.69) is 301 Å². The molecule has 0 aliphatic carbocycles. The van der Waals surface area contributed by atoms with Crippen molar-refractivity contribution in [2.45, 2.75) is 0 Å². The molecule has 0 saturated heterocycles. The molecule has 2 heteroatoms. The molecule has 338 valence electrons. The highest BCUT2D eigenvalue weighted by molar-refractivity contribution is 6.14. The maximum absolute atomic E-state index is 2.46. The van der Waals surface area contributed by atoms with Crippen molar-refractivity contribution < 1.29 is 0 Å². The number of hydrogen-bond acceptors (Lipinski definition) is 1. The van der Waals surface area contributed by atoms with Crippen LogP contribution in [0.2, 0.25) is 0 Å². The molecule has 0 saturated carbocycles.